The minimum absolute atomic E-state index is 1.03. The van der Waals surface area contributed by atoms with Crippen LogP contribution < -0.4 is 5.32 Å². The van der Waals surface area contributed by atoms with Crippen LogP contribution in [0.3, 0.4) is 0 Å². The minimum Gasteiger partial charge on any atom is -0.370 e. The van der Waals surface area contributed by atoms with Crippen molar-refractivity contribution in [1.29, 1.82) is 0 Å². The van der Waals surface area contributed by atoms with Crippen LogP contribution in [0, 0.1) is 0 Å². The Bertz CT molecular complexity index is 528. The predicted molar refractivity (Wildman–Crippen MR) is 69.8 cm³/mol. The molecule has 0 amide bonds. The summed E-state index contributed by atoms with van der Waals surface area (Å²) in [5, 5.41) is 7.99. The van der Waals surface area contributed by atoms with E-state index in [-0.39, 0.29) is 0 Å². The molecule has 0 saturated carbocycles. The molecule has 0 spiro atoms. The molecule has 3 heteroatoms. The molecule has 1 aromatic carbocycles. The number of para-hydroxylation sites is 1. The van der Waals surface area contributed by atoms with E-state index in [4.69, 9.17) is 0 Å². The Morgan fingerprint density at radius 3 is 3.12 bits per heavy atom. The number of nitrogens with zero attached hydrogens (tertiary/aromatic N) is 2. The Balaban J connectivity index is 2.12. The summed E-state index contributed by atoms with van der Waals surface area (Å²) in [4.78, 5) is 0. The monoisotopic (exact) mass is 227 g/mol. The van der Waals surface area contributed by atoms with E-state index >= 15 is 0 Å². The molecule has 0 atom stereocenters. The molecule has 1 aliphatic rings. The van der Waals surface area contributed by atoms with Gasteiger partial charge in [0.15, 0.2) is 0 Å². The van der Waals surface area contributed by atoms with E-state index in [0.29, 0.717) is 0 Å². The van der Waals surface area contributed by atoms with E-state index < -0.39 is 0 Å². The topological polar surface area (TPSA) is 29.9 Å². The van der Waals surface area contributed by atoms with Crippen LogP contribution in [-0.2, 0) is 12.8 Å². The van der Waals surface area contributed by atoms with Gasteiger partial charge in [-0.1, -0.05) is 25.1 Å². The van der Waals surface area contributed by atoms with Crippen LogP contribution in [0.15, 0.2) is 30.5 Å². The van der Waals surface area contributed by atoms with Gasteiger partial charge in [-0.05, 0) is 30.9 Å². The number of aromatic nitrogens is 2. The number of hydrogen-bond acceptors (Lipinski definition) is 2. The fourth-order valence-electron chi connectivity index (χ4n) is 2.44. The van der Waals surface area contributed by atoms with Crippen molar-refractivity contribution in [3.05, 3.63) is 41.6 Å². The maximum absolute atomic E-state index is 4.53. The highest BCUT2D eigenvalue weighted by atomic mass is 15.3. The molecule has 0 fully saturated rings. The van der Waals surface area contributed by atoms with Crippen LogP contribution in [-0.4, -0.2) is 16.3 Å². The number of rotatable bonds is 2. The lowest BCUT2D eigenvalue weighted by Gasteiger charge is -2.17. The molecule has 0 unspecified atom stereocenters. The number of benzene rings is 1. The van der Waals surface area contributed by atoms with Crippen molar-refractivity contribution in [3.63, 3.8) is 0 Å². The summed E-state index contributed by atoms with van der Waals surface area (Å²) in [6, 6.07) is 8.48. The fourth-order valence-corrected chi connectivity index (χ4v) is 2.44. The first-order valence-electron chi connectivity index (χ1n) is 6.29. The van der Waals surface area contributed by atoms with Gasteiger partial charge < -0.3 is 5.32 Å². The highest BCUT2D eigenvalue weighted by Crippen LogP contribution is 2.26. The molecule has 3 nitrogen and oxygen atoms in total. The Morgan fingerprint density at radius 2 is 2.24 bits per heavy atom. The normalized spacial score (nSPS) is 14.2. The zero-order chi connectivity index (χ0) is 11.7. The number of hydrogen-bond donors (Lipinski definition) is 1. The van der Waals surface area contributed by atoms with Gasteiger partial charge in [-0.25, -0.2) is 4.68 Å². The van der Waals surface area contributed by atoms with Gasteiger partial charge in [-0.3, -0.25) is 0 Å². The van der Waals surface area contributed by atoms with Crippen LogP contribution in [0.25, 0.3) is 5.69 Å². The average Bonchev–Trinajstić information content (AvgIpc) is 2.82. The molecule has 1 aromatic heterocycles. The van der Waals surface area contributed by atoms with E-state index in [1.807, 2.05) is 10.9 Å². The number of aryl methyl sites for hydroxylation is 2. The van der Waals surface area contributed by atoms with Crippen molar-refractivity contribution in [2.45, 2.75) is 26.2 Å². The summed E-state index contributed by atoms with van der Waals surface area (Å²) < 4.78 is 2.05. The lowest BCUT2D eigenvalue weighted by atomic mass is 10.1. The summed E-state index contributed by atoms with van der Waals surface area (Å²) in [6.07, 6.45) is 5.36. The predicted octanol–water partition coefficient (Wildman–Crippen LogP) is 2.79. The van der Waals surface area contributed by atoms with E-state index in [1.54, 1.807) is 0 Å². The maximum Gasteiger partial charge on any atom is 0.132 e. The van der Waals surface area contributed by atoms with Crippen LogP contribution >= 0.6 is 0 Å². The lowest BCUT2D eigenvalue weighted by Crippen LogP contribution is -2.14. The zero-order valence-corrected chi connectivity index (χ0v) is 10.1. The molecule has 1 aliphatic heterocycles. The second-order valence-corrected chi connectivity index (χ2v) is 4.44. The van der Waals surface area contributed by atoms with E-state index in [1.165, 1.54) is 29.1 Å². The van der Waals surface area contributed by atoms with Gasteiger partial charge in [0.2, 0.25) is 0 Å². The molecule has 0 aliphatic carbocycles. The Morgan fingerprint density at radius 1 is 1.35 bits per heavy atom. The van der Waals surface area contributed by atoms with Crippen molar-refractivity contribution in [3.8, 4) is 5.69 Å². The third-order valence-electron chi connectivity index (χ3n) is 3.36. The van der Waals surface area contributed by atoms with E-state index in [9.17, 15) is 0 Å². The quantitative estimate of drug-likeness (QED) is 0.855. The van der Waals surface area contributed by atoms with Gasteiger partial charge in [0.05, 0.1) is 11.9 Å². The number of nitrogens with one attached hydrogen (secondary N) is 1. The molecule has 1 N–H and O–H groups in total. The van der Waals surface area contributed by atoms with Gasteiger partial charge in [0.1, 0.15) is 5.82 Å². The van der Waals surface area contributed by atoms with Crippen molar-refractivity contribution < 1.29 is 0 Å². The second-order valence-electron chi connectivity index (χ2n) is 4.44. The van der Waals surface area contributed by atoms with E-state index in [2.05, 4.69) is 41.6 Å². The smallest absolute Gasteiger partial charge is 0.132 e. The van der Waals surface area contributed by atoms with Gasteiger partial charge >= 0.3 is 0 Å². The summed E-state index contributed by atoms with van der Waals surface area (Å²) in [5.74, 6) is 1.18. The van der Waals surface area contributed by atoms with Crippen molar-refractivity contribution >= 4 is 5.82 Å². The Kier molecular flexibility index (Phi) is 2.59. The molecule has 17 heavy (non-hydrogen) atoms. The third kappa shape index (κ3) is 1.71. The highest BCUT2D eigenvalue weighted by molar-refractivity contribution is 5.54. The van der Waals surface area contributed by atoms with Crippen LogP contribution in [0.5, 0.6) is 0 Å². The van der Waals surface area contributed by atoms with Gasteiger partial charge in [0, 0.05) is 12.1 Å². The van der Waals surface area contributed by atoms with Gasteiger partial charge in [0.25, 0.3) is 0 Å². The molecule has 2 heterocycles. The third-order valence-corrected chi connectivity index (χ3v) is 3.36. The summed E-state index contributed by atoms with van der Waals surface area (Å²) >= 11 is 0. The summed E-state index contributed by atoms with van der Waals surface area (Å²) in [7, 11) is 0. The minimum atomic E-state index is 1.03. The molecule has 3 rings (SSSR count). The van der Waals surface area contributed by atoms with Gasteiger partial charge in [-0.2, -0.15) is 5.10 Å². The molecule has 0 saturated heterocycles. The standard InChI is InChI=1S/C14H17N3/c1-2-11-6-3-4-8-13(11)17-14-12(10-16-17)7-5-9-15-14/h3-4,6,8,10,15H,2,5,7,9H2,1H3. The molecular weight excluding hydrogens is 210 g/mol. The van der Waals surface area contributed by atoms with Crippen molar-refractivity contribution in [2.75, 3.05) is 11.9 Å². The molecule has 0 bridgehead atoms. The first-order valence-corrected chi connectivity index (χ1v) is 6.29. The SMILES string of the molecule is CCc1ccccc1-n1ncc2c1NCCC2. The number of anilines is 1. The summed E-state index contributed by atoms with van der Waals surface area (Å²) in [6.45, 7) is 3.23. The van der Waals surface area contributed by atoms with E-state index in [0.717, 1.165) is 19.4 Å². The number of fused-ring (bicyclic) bond motifs is 1. The van der Waals surface area contributed by atoms with Crippen LogP contribution in [0.2, 0.25) is 0 Å². The first-order chi connectivity index (χ1) is 8.40. The molecule has 88 valence electrons. The average molecular weight is 227 g/mol. The molecule has 0 radical (unpaired) electrons. The largest absolute Gasteiger partial charge is 0.370 e. The molecule has 2 aromatic rings. The zero-order valence-electron chi connectivity index (χ0n) is 10.1. The van der Waals surface area contributed by atoms with Crippen LogP contribution in [0.4, 0.5) is 5.82 Å². The van der Waals surface area contributed by atoms with Crippen LogP contribution in [0.1, 0.15) is 24.5 Å². The summed E-state index contributed by atoms with van der Waals surface area (Å²) in [5.41, 5.74) is 3.87. The van der Waals surface area contributed by atoms with Crippen molar-refractivity contribution in [1.82, 2.24) is 9.78 Å². The van der Waals surface area contributed by atoms with Gasteiger partial charge in [-0.15, -0.1) is 0 Å². The van der Waals surface area contributed by atoms with Crippen molar-refractivity contribution in [2.24, 2.45) is 0 Å². The fraction of sp³-hybridized carbons (Fsp3) is 0.357. The lowest BCUT2D eigenvalue weighted by molar-refractivity contribution is 0.802. The second kappa shape index (κ2) is 4.24. The Hall–Kier alpha value is -1.77. The molecular formula is C14H17N3. The maximum atomic E-state index is 4.53. The highest BCUT2D eigenvalue weighted by Gasteiger charge is 2.16. The Labute approximate surface area is 101 Å². The first kappa shape index (κ1) is 10.4.